The van der Waals surface area contributed by atoms with E-state index in [4.69, 9.17) is 4.42 Å². The number of hydrogen-bond donors (Lipinski definition) is 0. The Morgan fingerprint density at radius 2 is 1.24 bits per heavy atom. The van der Waals surface area contributed by atoms with Crippen molar-refractivity contribution >= 4 is 27.5 Å². The third kappa shape index (κ3) is 6.12. The van der Waals surface area contributed by atoms with Crippen LogP contribution in [0.15, 0.2) is 145 Å². The van der Waals surface area contributed by atoms with Crippen molar-refractivity contribution in [3.05, 3.63) is 185 Å². The molecule has 1 nitrogen and oxygen atoms in total. The minimum Gasteiger partial charge on any atom is -0.455 e. The second-order valence-electron chi connectivity index (χ2n) is 15.2. The molecule has 1 heteroatoms. The van der Waals surface area contributed by atoms with Crippen LogP contribution in [0.4, 0.5) is 0 Å². The third-order valence-electron chi connectivity index (χ3n) is 10.6. The van der Waals surface area contributed by atoms with E-state index in [1.54, 1.807) is 28.3 Å². The molecule has 0 saturated carbocycles. The number of aryl methyl sites for hydroxylation is 3. The maximum atomic E-state index is 6.07. The van der Waals surface area contributed by atoms with E-state index < -0.39 is 0 Å². The predicted molar refractivity (Wildman–Crippen MR) is 212 cm³/mol. The van der Waals surface area contributed by atoms with Crippen LogP contribution >= 0.6 is 0 Å². The Morgan fingerprint density at radius 3 is 1.92 bits per heavy atom. The number of hydrogen-bond acceptors (Lipinski definition) is 1. The molecule has 0 aliphatic heterocycles. The van der Waals surface area contributed by atoms with Gasteiger partial charge in [0.15, 0.2) is 0 Å². The molecule has 0 saturated heterocycles. The molecule has 0 N–H and O–H groups in total. The van der Waals surface area contributed by atoms with Crippen LogP contribution in [-0.4, -0.2) is 0 Å². The second-order valence-corrected chi connectivity index (χ2v) is 15.2. The average Bonchev–Trinajstić information content (AvgIpc) is 3.66. The van der Waals surface area contributed by atoms with Crippen LogP contribution in [-0.2, 0) is 16.2 Å². The molecule has 1 unspecified atom stereocenters. The fourth-order valence-electron chi connectivity index (χ4n) is 8.92. The van der Waals surface area contributed by atoms with E-state index in [9.17, 15) is 0 Å². The lowest BCUT2D eigenvalue weighted by atomic mass is 9.72. The zero-order chi connectivity index (χ0) is 35.0. The van der Waals surface area contributed by atoms with Crippen molar-refractivity contribution in [2.75, 3.05) is 0 Å². The molecule has 2 aliphatic carbocycles. The first-order valence-electron chi connectivity index (χ1n) is 17.5. The van der Waals surface area contributed by atoms with Crippen LogP contribution in [0.1, 0.15) is 85.0 Å². The van der Waals surface area contributed by atoms with E-state index in [0.717, 1.165) is 27.7 Å². The Morgan fingerprint density at radius 1 is 0.633 bits per heavy atom. The summed E-state index contributed by atoms with van der Waals surface area (Å²) in [4.78, 5) is 0. The molecule has 0 fully saturated rings. The van der Waals surface area contributed by atoms with Gasteiger partial charge in [0.25, 0.3) is 0 Å². The molecule has 5 aromatic carbocycles. The molecule has 0 amide bonds. The first kappa shape index (κ1) is 34.0. The molecule has 6 aromatic rings. The van der Waals surface area contributed by atoms with E-state index in [1.807, 2.05) is 42.5 Å². The van der Waals surface area contributed by atoms with Crippen molar-refractivity contribution in [3.63, 3.8) is 0 Å². The largest absolute Gasteiger partial charge is 0.455 e. The SMILES string of the molecule is C=C/C=C(\C=C)c1cccc2c1oc1cccc(C)c12.Cc1cccc2c1C(C)(C)CC21CC(C)(C)c2ccccc21.Cc1ccccc1. The molecule has 0 bridgehead atoms. The Kier molecular flexibility index (Phi) is 9.16. The zero-order valence-electron chi connectivity index (χ0n) is 30.4. The maximum Gasteiger partial charge on any atom is 0.143 e. The molecule has 248 valence electrons. The summed E-state index contributed by atoms with van der Waals surface area (Å²) in [5, 5.41) is 2.33. The third-order valence-corrected chi connectivity index (χ3v) is 10.6. The van der Waals surface area contributed by atoms with E-state index >= 15 is 0 Å². The summed E-state index contributed by atoms with van der Waals surface area (Å²) >= 11 is 0. The highest BCUT2D eigenvalue weighted by Crippen LogP contribution is 2.63. The molecule has 0 radical (unpaired) electrons. The van der Waals surface area contributed by atoms with Crippen LogP contribution in [0.3, 0.4) is 0 Å². The first-order chi connectivity index (χ1) is 23.4. The number of allylic oxidation sites excluding steroid dienone is 4. The Labute approximate surface area is 293 Å². The number of benzene rings is 5. The van der Waals surface area contributed by atoms with Gasteiger partial charge in [-0.3, -0.25) is 0 Å². The molecular formula is C48H50O. The van der Waals surface area contributed by atoms with Crippen molar-refractivity contribution in [1.82, 2.24) is 0 Å². The summed E-state index contributed by atoms with van der Waals surface area (Å²) < 4.78 is 6.07. The Balaban J connectivity index is 0.000000143. The summed E-state index contributed by atoms with van der Waals surface area (Å²) in [6.45, 7) is 23.8. The standard InChI is InChI=1S/C22H26.C19H16O.C7H8/c1-15-9-8-12-18-19(15)21(4,5)14-22(18)13-20(2,3)16-10-6-7-11-17(16)22;1-4-8-14(5-2)15-10-7-11-16-18-13(3)9-6-12-17(18)20-19(15)16;1-7-5-3-2-4-6-7/h6-12H,13-14H2,1-5H3;4-12H,1-2H2,3H3;2-6H,1H3/b;14-8+;. The minimum absolute atomic E-state index is 0.213. The summed E-state index contributed by atoms with van der Waals surface area (Å²) in [6.07, 6.45) is 8.02. The van der Waals surface area contributed by atoms with Gasteiger partial charge in [-0.1, -0.05) is 168 Å². The van der Waals surface area contributed by atoms with Crippen LogP contribution in [0, 0.1) is 20.8 Å². The number of rotatable bonds is 3. The smallest absolute Gasteiger partial charge is 0.143 e. The lowest BCUT2D eigenvalue weighted by molar-refractivity contribution is 0.349. The number of fused-ring (bicyclic) bond motifs is 7. The van der Waals surface area contributed by atoms with Gasteiger partial charge in [-0.15, -0.1) is 0 Å². The lowest BCUT2D eigenvalue weighted by Crippen LogP contribution is -2.26. The van der Waals surface area contributed by atoms with Gasteiger partial charge in [-0.2, -0.15) is 0 Å². The minimum atomic E-state index is 0.213. The molecule has 2 aliphatic rings. The van der Waals surface area contributed by atoms with E-state index in [-0.39, 0.29) is 16.2 Å². The van der Waals surface area contributed by atoms with Gasteiger partial charge >= 0.3 is 0 Å². The van der Waals surface area contributed by atoms with E-state index in [1.165, 1.54) is 34.9 Å². The van der Waals surface area contributed by atoms with Gasteiger partial charge in [0, 0.05) is 21.8 Å². The predicted octanol–water partition coefficient (Wildman–Crippen LogP) is 13.3. The quantitative estimate of drug-likeness (QED) is 0.175. The van der Waals surface area contributed by atoms with Gasteiger partial charge in [0.1, 0.15) is 11.2 Å². The number of para-hydroxylation sites is 1. The first-order valence-corrected chi connectivity index (χ1v) is 17.5. The monoisotopic (exact) mass is 642 g/mol. The summed E-state index contributed by atoms with van der Waals surface area (Å²) in [7, 11) is 0. The van der Waals surface area contributed by atoms with Crippen LogP contribution in [0.5, 0.6) is 0 Å². The molecule has 49 heavy (non-hydrogen) atoms. The van der Waals surface area contributed by atoms with Crippen LogP contribution < -0.4 is 0 Å². The Bertz CT molecular complexity index is 2190. The topological polar surface area (TPSA) is 13.1 Å². The van der Waals surface area contributed by atoms with Crippen molar-refractivity contribution in [1.29, 1.82) is 0 Å². The normalized spacial score (nSPS) is 18.2. The van der Waals surface area contributed by atoms with Crippen molar-refractivity contribution in [2.45, 2.75) is 77.6 Å². The van der Waals surface area contributed by atoms with Crippen molar-refractivity contribution in [2.24, 2.45) is 0 Å². The van der Waals surface area contributed by atoms with Gasteiger partial charge in [0.05, 0.1) is 0 Å². The van der Waals surface area contributed by atoms with Gasteiger partial charge in [-0.25, -0.2) is 0 Å². The van der Waals surface area contributed by atoms with Gasteiger partial charge in [0.2, 0.25) is 0 Å². The lowest BCUT2D eigenvalue weighted by Gasteiger charge is -2.30. The van der Waals surface area contributed by atoms with Gasteiger partial charge in [-0.05, 0) is 89.5 Å². The summed E-state index contributed by atoms with van der Waals surface area (Å²) in [5.74, 6) is 0. The van der Waals surface area contributed by atoms with Crippen molar-refractivity contribution < 1.29 is 4.42 Å². The van der Waals surface area contributed by atoms with E-state index in [0.29, 0.717) is 0 Å². The molecule has 1 spiro atoms. The highest BCUT2D eigenvalue weighted by molar-refractivity contribution is 6.10. The van der Waals surface area contributed by atoms with Crippen LogP contribution in [0.2, 0.25) is 0 Å². The highest BCUT2D eigenvalue weighted by atomic mass is 16.3. The fourth-order valence-corrected chi connectivity index (χ4v) is 8.92. The maximum absolute atomic E-state index is 6.07. The summed E-state index contributed by atoms with van der Waals surface area (Å²) in [5.41, 5.74) is 15.0. The molecule has 1 aromatic heterocycles. The summed E-state index contributed by atoms with van der Waals surface area (Å²) in [6, 6.07) is 38.7. The Hall–Kier alpha value is -4.88. The molecule has 8 rings (SSSR count). The van der Waals surface area contributed by atoms with Crippen molar-refractivity contribution in [3.8, 4) is 0 Å². The average molecular weight is 643 g/mol. The van der Waals surface area contributed by atoms with Crippen LogP contribution in [0.25, 0.3) is 27.5 Å². The molecule has 1 atom stereocenters. The molecule has 1 heterocycles. The molecular weight excluding hydrogens is 593 g/mol. The fraction of sp³-hybridized carbons (Fsp3) is 0.250. The number of furan rings is 1. The van der Waals surface area contributed by atoms with Gasteiger partial charge < -0.3 is 4.42 Å². The zero-order valence-corrected chi connectivity index (χ0v) is 30.4. The highest BCUT2D eigenvalue weighted by Gasteiger charge is 2.56. The van der Waals surface area contributed by atoms with E-state index in [2.05, 4.69) is 140 Å². The second kappa shape index (κ2) is 13.2.